The van der Waals surface area contributed by atoms with E-state index in [0.29, 0.717) is 17.4 Å². The first-order chi connectivity index (χ1) is 11.3. The first kappa shape index (κ1) is 14.7. The third kappa shape index (κ3) is 2.96. The molecule has 3 heterocycles. The number of amides is 1. The number of nitrogens with zero attached hydrogens (tertiary/aromatic N) is 3. The lowest BCUT2D eigenvalue weighted by molar-refractivity contribution is 0.0429. The van der Waals surface area contributed by atoms with Crippen LogP contribution in [0.15, 0.2) is 28.8 Å². The summed E-state index contributed by atoms with van der Waals surface area (Å²) in [6, 6.07) is 7.49. The van der Waals surface area contributed by atoms with Gasteiger partial charge in [-0.3, -0.25) is 9.69 Å². The number of ether oxygens (including phenoxy) is 1. The fourth-order valence-electron chi connectivity index (χ4n) is 3.40. The van der Waals surface area contributed by atoms with Crippen LogP contribution in [-0.4, -0.2) is 66.3 Å². The standard InChI is InChI=1S/C17H21N3O3/c21-17(16-14-5-1-2-6-15(14)23-18-16)20-9-7-19(8-10-20)12-13-4-3-11-22-13/h1-2,5-6,13H,3-4,7-12H2. The number of benzene rings is 1. The van der Waals surface area contributed by atoms with Crippen LogP contribution in [0.3, 0.4) is 0 Å². The summed E-state index contributed by atoms with van der Waals surface area (Å²) in [7, 11) is 0. The van der Waals surface area contributed by atoms with Crippen molar-refractivity contribution in [3.05, 3.63) is 30.0 Å². The molecule has 1 aromatic heterocycles. The molecule has 1 aromatic carbocycles. The minimum Gasteiger partial charge on any atom is -0.377 e. The number of hydrogen-bond acceptors (Lipinski definition) is 5. The number of fused-ring (bicyclic) bond motifs is 1. The Hall–Kier alpha value is -1.92. The molecule has 1 atom stereocenters. The molecule has 2 aliphatic heterocycles. The van der Waals surface area contributed by atoms with Crippen molar-refractivity contribution in [3.8, 4) is 0 Å². The van der Waals surface area contributed by atoms with E-state index in [-0.39, 0.29) is 5.91 Å². The van der Waals surface area contributed by atoms with Crippen LogP contribution in [0.2, 0.25) is 0 Å². The predicted octanol–water partition coefficient (Wildman–Crippen LogP) is 1.76. The van der Waals surface area contributed by atoms with Crippen molar-refractivity contribution >= 4 is 16.9 Å². The molecule has 4 rings (SSSR count). The topological polar surface area (TPSA) is 58.8 Å². The smallest absolute Gasteiger partial charge is 0.276 e. The fraction of sp³-hybridized carbons (Fsp3) is 0.529. The number of aromatic nitrogens is 1. The zero-order valence-corrected chi connectivity index (χ0v) is 13.1. The largest absolute Gasteiger partial charge is 0.377 e. The van der Waals surface area contributed by atoms with Gasteiger partial charge in [0.25, 0.3) is 5.91 Å². The van der Waals surface area contributed by atoms with Crippen LogP contribution in [0, 0.1) is 0 Å². The molecule has 0 bridgehead atoms. The van der Waals surface area contributed by atoms with Gasteiger partial charge in [-0.1, -0.05) is 17.3 Å². The molecule has 6 nitrogen and oxygen atoms in total. The molecule has 6 heteroatoms. The normalized spacial score (nSPS) is 22.8. The molecular formula is C17H21N3O3. The van der Waals surface area contributed by atoms with Gasteiger partial charge in [0.2, 0.25) is 0 Å². The van der Waals surface area contributed by atoms with Crippen molar-refractivity contribution in [2.75, 3.05) is 39.3 Å². The summed E-state index contributed by atoms with van der Waals surface area (Å²) in [6.07, 6.45) is 2.70. The van der Waals surface area contributed by atoms with E-state index in [4.69, 9.17) is 9.26 Å². The van der Waals surface area contributed by atoms with E-state index in [9.17, 15) is 4.79 Å². The molecule has 23 heavy (non-hydrogen) atoms. The molecule has 1 unspecified atom stereocenters. The van der Waals surface area contributed by atoms with E-state index in [1.165, 1.54) is 6.42 Å². The molecule has 2 saturated heterocycles. The molecule has 0 saturated carbocycles. The molecule has 1 amide bonds. The monoisotopic (exact) mass is 315 g/mol. The van der Waals surface area contributed by atoms with Gasteiger partial charge in [0.15, 0.2) is 11.3 Å². The van der Waals surface area contributed by atoms with Crippen LogP contribution in [0.5, 0.6) is 0 Å². The Morgan fingerprint density at radius 3 is 2.83 bits per heavy atom. The molecule has 0 radical (unpaired) electrons. The zero-order valence-electron chi connectivity index (χ0n) is 13.1. The average Bonchev–Trinajstić information content (AvgIpc) is 3.24. The van der Waals surface area contributed by atoms with Gasteiger partial charge in [-0.05, 0) is 25.0 Å². The molecule has 0 spiro atoms. The Bertz CT molecular complexity index is 685. The minimum absolute atomic E-state index is 0.0354. The highest BCUT2D eigenvalue weighted by Gasteiger charge is 2.27. The lowest BCUT2D eigenvalue weighted by Crippen LogP contribution is -2.50. The second-order valence-corrected chi connectivity index (χ2v) is 6.26. The van der Waals surface area contributed by atoms with Crippen molar-refractivity contribution in [2.45, 2.75) is 18.9 Å². The SMILES string of the molecule is O=C(c1noc2ccccc12)N1CCN(CC2CCCO2)CC1. The van der Waals surface area contributed by atoms with Crippen LogP contribution >= 0.6 is 0 Å². The minimum atomic E-state index is -0.0354. The van der Waals surface area contributed by atoms with Gasteiger partial charge in [-0.25, -0.2) is 0 Å². The molecule has 2 aliphatic rings. The Morgan fingerprint density at radius 1 is 1.22 bits per heavy atom. The predicted molar refractivity (Wildman–Crippen MR) is 85.3 cm³/mol. The molecular weight excluding hydrogens is 294 g/mol. The van der Waals surface area contributed by atoms with E-state index < -0.39 is 0 Å². The van der Waals surface area contributed by atoms with Gasteiger partial charge in [0.05, 0.1) is 11.5 Å². The summed E-state index contributed by atoms with van der Waals surface area (Å²) in [5.41, 5.74) is 1.08. The summed E-state index contributed by atoms with van der Waals surface area (Å²) in [5, 5.41) is 4.76. The van der Waals surface area contributed by atoms with Crippen molar-refractivity contribution in [2.24, 2.45) is 0 Å². The van der Waals surface area contributed by atoms with Crippen LogP contribution in [0.4, 0.5) is 0 Å². The Labute approximate surface area is 135 Å². The average molecular weight is 315 g/mol. The highest BCUT2D eigenvalue weighted by atomic mass is 16.5. The maximum Gasteiger partial charge on any atom is 0.276 e. The molecule has 2 aromatic rings. The Kier molecular flexibility index (Phi) is 4.01. The van der Waals surface area contributed by atoms with E-state index in [2.05, 4.69) is 10.1 Å². The third-order valence-corrected chi connectivity index (χ3v) is 4.73. The molecule has 2 fully saturated rings. The van der Waals surface area contributed by atoms with Crippen LogP contribution in [0.1, 0.15) is 23.3 Å². The lowest BCUT2D eigenvalue weighted by Gasteiger charge is -2.35. The highest BCUT2D eigenvalue weighted by molar-refractivity contribution is 6.03. The maximum absolute atomic E-state index is 12.7. The van der Waals surface area contributed by atoms with Crippen molar-refractivity contribution in [1.82, 2.24) is 15.0 Å². The summed E-state index contributed by atoms with van der Waals surface area (Å²) < 4.78 is 10.9. The summed E-state index contributed by atoms with van der Waals surface area (Å²) in [4.78, 5) is 16.9. The Morgan fingerprint density at radius 2 is 2.04 bits per heavy atom. The molecule has 0 aliphatic carbocycles. The number of carbonyl (C=O) groups is 1. The number of hydrogen-bond donors (Lipinski definition) is 0. The molecule has 122 valence electrons. The van der Waals surface area contributed by atoms with E-state index in [0.717, 1.165) is 51.1 Å². The first-order valence-corrected chi connectivity index (χ1v) is 8.29. The quantitative estimate of drug-likeness (QED) is 0.864. The van der Waals surface area contributed by atoms with Gasteiger partial charge in [-0.2, -0.15) is 0 Å². The number of rotatable bonds is 3. The van der Waals surface area contributed by atoms with Crippen LogP contribution in [-0.2, 0) is 4.74 Å². The van der Waals surface area contributed by atoms with E-state index >= 15 is 0 Å². The second-order valence-electron chi connectivity index (χ2n) is 6.26. The van der Waals surface area contributed by atoms with Crippen molar-refractivity contribution < 1.29 is 14.1 Å². The molecule has 0 N–H and O–H groups in total. The Balaban J connectivity index is 1.39. The van der Waals surface area contributed by atoms with Crippen molar-refractivity contribution in [3.63, 3.8) is 0 Å². The number of carbonyl (C=O) groups excluding carboxylic acids is 1. The van der Waals surface area contributed by atoms with E-state index in [1.807, 2.05) is 29.2 Å². The highest BCUT2D eigenvalue weighted by Crippen LogP contribution is 2.20. The van der Waals surface area contributed by atoms with Gasteiger partial charge in [0.1, 0.15) is 0 Å². The lowest BCUT2D eigenvalue weighted by atomic mass is 10.2. The maximum atomic E-state index is 12.7. The van der Waals surface area contributed by atoms with Gasteiger partial charge >= 0.3 is 0 Å². The summed E-state index contributed by atoms with van der Waals surface area (Å²) in [5.74, 6) is -0.0354. The number of piperazine rings is 1. The van der Waals surface area contributed by atoms with Crippen LogP contribution < -0.4 is 0 Å². The summed E-state index contributed by atoms with van der Waals surface area (Å²) >= 11 is 0. The van der Waals surface area contributed by atoms with Gasteiger partial charge in [0, 0.05) is 39.3 Å². The summed E-state index contributed by atoms with van der Waals surface area (Å²) in [6.45, 7) is 5.11. The van der Waals surface area contributed by atoms with Crippen LogP contribution in [0.25, 0.3) is 11.0 Å². The van der Waals surface area contributed by atoms with Gasteiger partial charge in [-0.15, -0.1) is 0 Å². The first-order valence-electron chi connectivity index (χ1n) is 8.29. The third-order valence-electron chi connectivity index (χ3n) is 4.73. The number of para-hydroxylation sites is 1. The van der Waals surface area contributed by atoms with Gasteiger partial charge < -0.3 is 14.2 Å². The zero-order chi connectivity index (χ0) is 15.6. The second kappa shape index (κ2) is 6.29. The fourth-order valence-corrected chi connectivity index (χ4v) is 3.40. The van der Waals surface area contributed by atoms with E-state index in [1.54, 1.807) is 0 Å². The van der Waals surface area contributed by atoms with Crippen molar-refractivity contribution in [1.29, 1.82) is 0 Å².